The van der Waals surface area contributed by atoms with E-state index in [1.165, 1.54) is 0 Å². The second-order valence-corrected chi connectivity index (χ2v) is 6.75. The fraction of sp³-hybridized carbons (Fsp3) is 0.562. The third-order valence-corrected chi connectivity index (χ3v) is 5.29. The molecule has 2 heterocycles. The first-order chi connectivity index (χ1) is 11.0. The van der Waals surface area contributed by atoms with Gasteiger partial charge in [0.25, 0.3) is 5.69 Å². The summed E-state index contributed by atoms with van der Waals surface area (Å²) in [5, 5.41) is 20.5. The first-order valence-electron chi connectivity index (χ1n) is 8.09. The maximum absolute atomic E-state index is 11.4. The molecule has 1 N–H and O–H groups in total. The molecule has 2 atom stereocenters. The Hall–Kier alpha value is -2.31. The zero-order valence-corrected chi connectivity index (χ0v) is 12.7. The molecule has 122 valence electrons. The van der Waals surface area contributed by atoms with Crippen LogP contribution in [-0.2, 0) is 0 Å². The van der Waals surface area contributed by atoms with E-state index in [1.807, 2.05) is 6.07 Å². The Bertz CT molecular complexity index is 659. The van der Waals surface area contributed by atoms with Crippen molar-refractivity contribution >= 4 is 17.5 Å². The minimum atomic E-state index is -0.834. The maximum Gasteiger partial charge on any atom is 0.407 e. The number of carboxylic acid groups (broad SMARTS) is 1. The predicted molar refractivity (Wildman–Crippen MR) is 84.0 cm³/mol. The first kappa shape index (κ1) is 14.3. The van der Waals surface area contributed by atoms with Crippen LogP contribution in [0.4, 0.5) is 16.2 Å². The molecule has 0 spiro atoms. The third-order valence-electron chi connectivity index (χ3n) is 5.29. The fourth-order valence-corrected chi connectivity index (χ4v) is 4.05. The van der Waals surface area contributed by atoms with Gasteiger partial charge in [-0.25, -0.2) is 4.79 Å². The molecule has 1 aromatic rings. The van der Waals surface area contributed by atoms with Crippen molar-refractivity contribution in [2.24, 2.45) is 0 Å². The summed E-state index contributed by atoms with van der Waals surface area (Å²) in [6, 6.07) is 5.43. The molecule has 23 heavy (non-hydrogen) atoms. The topological polar surface area (TPSA) is 86.9 Å². The van der Waals surface area contributed by atoms with Gasteiger partial charge in [0.2, 0.25) is 0 Å². The summed E-state index contributed by atoms with van der Waals surface area (Å²) in [7, 11) is 0. The molecule has 1 saturated carbocycles. The number of fused-ring (bicyclic) bond motifs is 2. The minimum Gasteiger partial charge on any atom is -0.465 e. The maximum atomic E-state index is 11.4. The molecule has 7 heteroatoms. The predicted octanol–water partition coefficient (Wildman–Crippen LogP) is 2.80. The number of anilines is 1. The molecule has 0 unspecified atom stereocenters. The Kier molecular flexibility index (Phi) is 3.18. The summed E-state index contributed by atoms with van der Waals surface area (Å²) < 4.78 is 0. The van der Waals surface area contributed by atoms with Crippen molar-refractivity contribution in [1.82, 2.24) is 4.90 Å². The molecule has 2 saturated heterocycles. The zero-order valence-electron chi connectivity index (χ0n) is 12.7. The summed E-state index contributed by atoms with van der Waals surface area (Å²) in [6.07, 6.45) is 3.00. The second-order valence-electron chi connectivity index (χ2n) is 6.75. The zero-order chi connectivity index (χ0) is 16.1. The molecular formula is C16H19N3O4. The fourth-order valence-electron chi connectivity index (χ4n) is 4.05. The van der Waals surface area contributed by atoms with Crippen molar-refractivity contribution in [3.63, 3.8) is 0 Å². The second kappa shape index (κ2) is 5.11. The summed E-state index contributed by atoms with van der Waals surface area (Å²) in [4.78, 5) is 26.0. The van der Waals surface area contributed by atoms with Gasteiger partial charge < -0.3 is 10.0 Å². The number of amides is 1. The summed E-state index contributed by atoms with van der Waals surface area (Å²) in [5.41, 5.74) is 2.03. The molecule has 2 bridgehead atoms. The number of nitro groups is 1. The number of carbonyl (C=O) groups is 1. The van der Waals surface area contributed by atoms with E-state index in [-0.39, 0.29) is 22.7 Å². The highest BCUT2D eigenvalue weighted by Crippen LogP contribution is 2.45. The van der Waals surface area contributed by atoms with Crippen molar-refractivity contribution in [3.8, 4) is 0 Å². The lowest BCUT2D eigenvalue weighted by atomic mass is 10.1. The van der Waals surface area contributed by atoms with Crippen molar-refractivity contribution in [2.75, 3.05) is 18.0 Å². The first-order valence-corrected chi connectivity index (χ1v) is 8.09. The molecule has 2 aliphatic heterocycles. The van der Waals surface area contributed by atoms with Crippen LogP contribution in [0.5, 0.6) is 0 Å². The number of benzene rings is 1. The molecule has 1 aromatic carbocycles. The van der Waals surface area contributed by atoms with Crippen LogP contribution in [0, 0.1) is 10.1 Å². The van der Waals surface area contributed by atoms with Crippen LogP contribution in [-0.4, -0.2) is 46.2 Å². The lowest BCUT2D eigenvalue weighted by molar-refractivity contribution is -0.385. The Morgan fingerprint density at radius 3 is 2.35 bits per heavy atom. The van der Waals surface area contributed by atoms with Gasteiger partial charge in [0.05, 0.1) is 17.0 Å². The monoisotopic (exact) mass is 317 g/mol. The quantitative estimate of drug-likeness (QED) is 0.684. The van der Waals surface area contributed by atoms with E-state index in [4.69, 9.17) is 0 Å². The van der Waals surface area contributed by atoms with Crippen LogP contribution >= 0.6 is 0 Å². The van der Waals surface area contributed by atoms with Gasteiger partial charge in [0.1, 0.15) is 0 Å². The smallest absolute Gasteiger partial charge is 0.407 e. The van der Waals surface area contributed by atoms with Crippen LogP contribution < -0.4 is 4.90 Å². The van der Waals surface area contributed by atoms with Gasteiger partial charge in [-0.2, -0.15) is 0 Å². The van der Waals surface area contributed by atoms with E-state index in [2.05, 4.69) is 4.90 Å². The van der Waals surface area contributed by atoms with Crippen LogP contribution in [0.15, 0.2) is 18.2 Å². The van der Waals surface area contributed by atoms with Gasteiger partial charge in [-0.3, -0.25) is 15.0 Å². The summed E-state index contributed by atoms with van der Waals surface area (Å²) in [5.74, 6) is 0.312. The molecule has 0 aromatic heterocycles. The van der Waals surface area contributed by atoms with E-state index in [0.29, 0.717) is 19.0 Å². The molecule has 4 rings (SSSR count). The van der Waals surface area contributed by atoms with Gasteiger partial charge in [0, 0.05) is 30.4 Å². The van der Waals surface area contributed by atoms with E-state index in [1.54, 1.807) is 17.0 Å². The van der Waals surface area contributed by atoms with Crippen molar-refractivity contribution < 1.29 is 14.8 Å². The Morgan fingerprint density at radius 1 is 1.17 bits per heavy atom. The average Bonchev–Trinajstić information content (AvgIpc) is 3.32. The Balaban J connectivity index is 1.61. The molecule has 3 aliphatic rings. The minimum absolute atomic E-state index is 0.0332. The van der Waals surface area contributed by atoms with Crippen LogP contribution in [0.2, 0.25) is 0 Å². The number of rotatable bonds is 3. The number of hydrogen-bond donors (Lipinski definition) is 1. The average molecular weight is 317 g/mol. The number of piperazine rings is 1. The molecule has 7 nitrogen and oxygen atoms in total. The van der Waals surface area contributed by atoms with Crippen molar-refractivity contribution in [1.29, 1.82) is 0 Å². The summed E-state index contributed by atoms with van der Waals surface area (Å²) in [6.45, 7) is 1.34. The van der Waals surface area contributed by atoms with Crippen LogP contribution in [0.3, 0.4) is 0 Å². The number of nitrogens with zero attached hydrogens (tertiary/aromatic N) is 3. The third kappa shape index (κ3) is 2.40. The van der Waals surface area contributed by atoms with E-state index < -0.39 is 6.09 Å². The lowest BCUT2D eigenvalue weighted by Gasteiger charge is -2.40. The molecular weight excluding hydrogens is 298 g/mol. The van der Waals surface area contributed by atoms with Gasteiger partial charge in [-0.15, -0.1) is 0 Å². The molecule has 0 radical (unpaired) electrons. The van der Waals surface area contributed by atoms with Gasteiger partial charge >= 0.3 is 6.09 Å². The van der Waals surface area contributed by atoms with E-state index in [0.717, 1.165) is 36.9 Å². The molecule has 1 amide bonds. The van der Waals surface area contributed by atoms with Crippen LogP contribution in [0.1, 0.15) is 37.2 Å². The number of hydrogen-bond acceptors (Lipinski definition) is 4. The lowest BCUT2D eigenvalue weighted by Crippen LogP contribution is -2.55. The highest BCUT2D eigenvalue weighted by Gasteiger charge is 2.43. The van der Waals surface area contributed by atoms with Gasteiger partial charge in [-0.1, -0.05) is 0 Å². The Morgan fingerprint density at radius 2 is 1.83 bits per heavy atom. The van der Waals surface area contributed by atoms with Crippen molar-refractivity contribution in [2.45, 2.75) is 43.7 Å². The van der Waals surface area contributed by atoms with Crippen molar-refractivity contribution in [3.05, 3.63) is 33.9 Å². The highest BCUT2D eigenvalue weighted by molar-refractivity contribution is 5.68. The summed E-state index contributed by atoms with van der Waals surface area (Å²) >= 11 is 0. The standard InChI is InChI=1S/C16H19N3O4/c20-16(21)18-12-3-4-13(18)9-17(8-12)11-5-6-15(19(22)23)14(7-11)10-1-2-10/h5-7,10,12-13H,1-4,8-9H2,(H,20,21)/t12-,13+. The van der Waals surface area contributed by atoms with Crippen LogP contribution in [0.25, 0.3) is 0 Å². The van der Waals surface area contributed by atoms with Gasteiger partial charge in [0.15, 0.2) is 0 Å². The van der Waals surface area contributed by atoms with E-state index >= 15 is 0 Å². The molecule has 3 fully saturated rings. The van der Waals surface area contributed by atoms with Gasteiger partial charge in [-0.05, 0) is 43.7 Å². The SMILES string of the molecule is O=C(O)N1[C@@H]2CC[C@H]1CN(c1ccc([N+](=O)[O-])c(C3CC3)c1)C2. The molecule has 1 aliphatic carbocycles. The Labute approximate surface area is 133 Å². The highest BCUT2D eigenvalue weighted by atomic mass is 16.6. The number of nitro benzene ring substituents is 1. The van der Waals surface area contributed by atoms with E-state index in [9.17, 15) is 20.0 Å². The largest absolute Gasteiger partial charge is 0.465 e. The normalized spacial score (nSPS) is 26.4.